The Hall–Kier alpha value is -2.50. The summed E-state index contributed by atoms with van der Waals surface area (Å²) in [5.41, 5.74) is 2.06. The lowest BCUT2D eigenvalue weighted by atomic mass is 9.96. The van der Waals surface area contributed by atoms with Crippen molar-refractivity contribution in [1.82, 2.24) is 15.5 Å². The number of amides is 3. The highest BCUT2D eigenvalue weighted by atomic mass is 16.3. The van der Waals surface area contributed by atoms with Crippen LogP contribution >= 0.6 is 0 Å². The van der Waals surface area contributed by atoms with Crippen molar-refractivity contribution in [2.24, 2.45) is 0 Å². The summed E-state index contributed by atoms with van der Waals surface area (Å²) >= 11 is 0. The Morgan fingerprint density at radius 1 is 1.27 bits per heavy atom. The Kier molecular flexibility index (Phi) is 3.75. The van der Waals surface area contributed by atoms with Crippen LogP contribution in [0, 0.1) is 0 Å². The fourth-order valence-electron chi connectivity index (χ4n) is 2.87. The van der Waals surface area contributed by atoms with Gasteiger partial charge in [-0.25, -0.2) is 4.79 Å². The van der Waals surface area contributed by atoms with E-state index in [1.165, 1.54) is 0 Å². The van der Waals surface area contributed by atoms with Crippen molar-refractivity contribution in [3.05, 3.63) is 41.1 Å². The number of nitrogens with one attached hydrogen (secondary N) is 2. The smallest absolute Gasteiger partial charge is 0.319 e. The Morgan fingerprint density at radius 3 is 2.68 bits per heavy atom. The molecular formula is C16H19N3O3. The Bertz CT molecular complexity index is 637. The zero-order chi connectivity index (χ0) is 15.7. The van der Waals surface area contributed by atoms with E-state index in [1.54, 1.807) is 29.2 Å². The Morgan fingerprint density at radius 2 is 2.00 bits per heavy atom. The number of unbranched alkanes of at least 4 members (excludes halogenated alkanes) is 1. The molecule has 0 saturated carbocycles. The van der Waals surface area contributed by atoms with E-state index in [0.29, 0.717) is 24.4 Å². The van der Waals surface area contributed by atoms with E-state index < -0.39 is 6.04 Å². The number of phenols is 1. The van der Waals surface area contributed by atoms with E-state index in [-0.39, 0.29) is 17.7 Å². The molecule has 22 heavy (non-hydrogen) atoms. The van der Waals surface area contributed by atoms with Gasteiger partial charge in [0, 0.05) is 6.54 Å². The number of carbonyl (C=O) groups is 2. The number of phenolic OH excluding ortho intramolecular Hbond substituents is 1. The molecular weight excluding hydrogens is 282 g/mol. The summed E-state index contributed by atoms with van der Waals surface area (Å²) in [4.78, 5) is 26.3. The van der Waals surface area contributed by atoms with Crippen molar-refractivity contribution in [1.29, 1.82) is 0 Å². The number of nitrogens with zero attached hydrogens (tertiary/aromatic N) is 1. The topological polar surface area (TPSA) is 81.7 Å². The molecule has 0 spiro atoms. The minimum atomic E-state index is -0.469. The van der Waals surface area contributed by atoms with Crippen molar-refractivity contribution in [2.45, 2.75) is 25.8 Å². The Labute approximate surface area is 128 Å². The monoisotopic (exact) mass is 301 g/mol. The molecule has 0 aliphatic carbocycles. The van der Waals surface area contributed by atoms with Crippen LogP contribution in [0.4, 0.5) is 4.79 Å². The van der Waals surface area contributed by atoms with Crippen LogP contribution in [0.15, 0.2) is 35.5 Å². The maximum atomic E-state index is 12.6. The summed E-state index contributed by atoms with van der Waals surface area (Å²) in [5, 5.41) is 14.9. The van der Waals surface area contributed by atoms with Gasteiger partial charge in [-0.15, -0.1) is 0 Å². The largest absolute Gasteiger partial charge is 0.508 e. The molecule has 3 amide bonds. The van der Waals surface area contributed by atoms with Crippen LogP contribution in [-0.2, 0) is 4.79 Å². The minimum absolute atomic E-state index is 0.0333. The molecule has 3 rings (SSSR count). The molecule has 1 atom stereocenters. The number of aromatic hydroxyl groups is 1. The quantitative estimate of drug-likeness (QED) is 0.791. The van der Waals surface area contributed by atoms with Crippen LogP contribution < -0.4 is 10.6 Å². The van der Waals surface area contributed by atoms with Crippen LogP contribution in [0.1, 0.15) is 31.4 Å². The van der Waals surface area contributed by atoms with E-state index in [9.17, 15) is 14.7 Å². The van der Waals surface area contributed by atoms with Gasteiger partial charge in [0.15, 0.2) is 0 Å². The van der Waals surface area contributed by atoms with Gasteiger partial charge in [0.2, 0.25) is 0 Å². The molecule has 2 heterocycles. The molecule has 0 radical (unpaired) electrons. The molecule has 3 N–H and O–H groups in total. The third-order valence-electron chi connectivity index (χ3n) is 4.03. The van der Waals surface area contributed by atoms with Crippen LogP contribution in [-0.4, -0.2) is 35.0 Å². The summed E-state index contributed by atoms with van der Waals surface area (Å²) in [6.45, 7) is 3.23. The average Bonchev–Trinajstić information content (AvgIpc) is 2.81. The zero-order valence-corrected chi connectivity index (χ0v) is 12.4. The highest BCUT2D eigenvalue weighted by Gasteiger charge is 2.39. The van der Waals surface area contributed by atoms with Gasteiger partial charge in [0.25, 0.3) is 5.91 Å². The van der Waals surface area contributed by atoms with Gasteiger partial charge >= 0.3 is 6.03 Å². The SMILES string of the molecule is CCCCN1CC2=C(C1=O)[C@@H](c1ccc(O)cc1)NC(=O)N2. The number of rotatable bonds is 4. The summed E-state index contributed by atoms with van der Waals surface area (Å²) in [5.74, 6) is 0.120. The van der Waals surface area contributed by atoms with Crippen LogP contribution in [0.25, 0.3) is 0 Å². The van der Waals surface area contributed by atoms with Gasteiger partial charge < -0.3 is 20.6 Å². The van der Waals surface area contributed by atoms with Crippen LogP contribution in [0.3, 0.4) is 0 Å². The number of urea groups is 1. The fraction of sp³-hybridized carbons (Fsp3) is 0.375. The minimum Gasteiger partial charge on any atom is -0.508 e. The highest BCUT2D eigenvalue weighted by Crippen LogP contribution is 2.33. The molecule has 0 unspecified atom stereocenters. The van der Waals surface area contributed by atoms with Gasteiger partial charge in [0.05, 0.1) is 23.9 Å². The highest BCUT2D eigenvalue weighted by molar-refractivity contribution is 6.01. The lowest BCUT2D eigenvalue weighted by molar-refractivity contribution is -0.125. The van der Waals surface area contributed by atoms with Crippen LogP contribution in [0.2, 0.25) is 0 Å². The summed E-state index contributed by atoms with van der Waals surface area (Å²) in [6.07, 6.45) is 1.96. The van der Waals surface area contributed by atoms with Crippen molar-refractivity contribution in [3.8, 4) is 5.75 Å². The van der Waals surface area contributed by atoms with E-state index >= 15 is 0 Å². The number of hydrogen-bond donors (Lipinski definition) is 3. The van der Waals surface area contributed by atoms with Crippen molar-refractivity contribution in [2.75, 3.05) is 13.1 Å². The first-order valence-corrected chi connectivity index (χ1v) is 7.49. The standard InChI is InChI=1S/C16H19N3O3/c1-2-3-8-19-9-12-13(15(19)21)14(18-16(22)17-12)10-4-6-11(20)7-5-10/h4-7,14,20H,2-3,8-9H2,1H3,(H2,17,18,22)/t14-/m1/s1. The maximum Gasteiger partial charge on any atom is 0.319 e. The van der Waals surface area contributed by atoms with Crippen LogP contribution in [0.5, 0.6) is 5.75 Å². The third-order valence-corrected chi connectivity index (χ3v) is 4.03. The van der Waals surface area contributed by atoms with Gasteiger partial charge in [-0.1, -0.05) is 25.5 Å². The van der Waals surface area contributed by atoms with E-state index in [2.05, 4.69) is 17.6 Å². The number of benzene rings is 1. The predicted molar refractivity (Wildman–Crippen MR) is 81.0 cm³/mol. The number of carbonyl (C=O) groups excluding carboxylic acids is 2. The second-order valence-corrected chi connectivity index (χ2v) is 5.60. The van der Waals surface area contributed by atoms with Gasteiger partial charge in [0.1, 0.15) is 5.75 Å². The van der Waals surface area contributed by atoms with Gasteiger partial charge in [-0.05, 0) is 24.1 Å². The molecule has 6 heteroatoms. The molecule has 2 aliphatic heterocycles. The molecule has 2 aliphatic rings. The Balaban J connectivity index is 1.90. The normalized spacial score (nSPS) is 20.8. The molecule has 116 valence electrons. The van der Waals surface area contributed by atoms with Crippen molar-refractivity contribution >= 4 is 11.9 Å². The van der Waals surface area contributed by atoms with E-state index in [0.717, 1.165) is 18.4 Å². The molecule has 0 saturated heterocycles. The molecule has 0 fully saturated rings. The number of hydrogen-bond acceptors (Lipinski definition) is 3. The summed E-state index contributed by atoms with van der Waals surface area (Å²) in [6, 6.07) is 5.78. The van der Waals surface area contributed by atoms with Crippen molar-refractivity contribution < 1.29 is 14.7 Å². The summed E-state index contributed by atoms with van der Waals surface area (Å²) in [7, 11) is 0. The first-order chi connectivity index (χ1) is 10.6. The second kappa shape index (κ2) is 5.71. The average molecular weight is 301 g/mol. The van der Waals surface area contributed by atoms with E-state index in [1.807, 2.05) is 0 Å². The lowest BCUT2D eigenvalue weighted by Crippen LogP contribution is -2.44. The second-order valence-electron chi connectivity index (χ2n) is 5.60. The van der Waals surface area contributed by atoms with Gasteiger partial charge in [-0.3, -0.25) is 4.79 Å². The molecule has 0 aromatic heterocycles. The zero-order valence-electron chi connectivity index (χ0n) is 12.4. The van der Waals surface area contributed by atoms with Gasteiger partial charge in [-0.2, -0.15) is 0 Å². The summed E-state index contributed by atoms with van der Waals surface area (Å²) < 4.78 is 0. The third kappa shape index (κ3) is 2.52. The molecule has 1 aromatic rings. The molecule has 0 bridgehead atoms. The fourth-order valence-corrected chi connectivity index (χ4v) is 2.87. The molecule has 6 nitrogen and oxygen atoms in total. The first kappa shape index (κ1) is 14.4. The molecule has 1 aromatic carbocycles. The van der Waals surface area contributed by atoms with E-state index in [4.69, 9.17) is 0 Å². The van der Waals surface area contributed by atoms with Crippen molar-refractivity contribution in [3.63, 3.8) is 0 Å². The maximum absolute atomic E-state index is 12.6. The lowest BCUT2D eigenvalue weighted by Gasteiger charge is -2.25. The predicted octanol–water partition coefficient (Wildman–Crippen LogP) is 1.64. The first-order valence-electron chi connectivity index (χ1n) is 7.49.